The zero-order chi connectivity index (χ0) is 7.68. The number of nitrogens with zero attached hydrogens (tertiary/aromatic N) is 1. The summed E-state index contributed by atoms with van der Waals surface area (Å²) < 4.78 is 0. The Morgan fingerprint density at radius 3 is 2.36 bits per heavy atom. The lowest BCUT2D eigenvalue weighted by Gasteiger charge is -2.31. The van der Waals surface area contributed by atoms with Gasteiger partial charge < -0.3 is 10.6 Å². The molecule has 2 fully saturated rings. The van der Waals surface area contributed by atoms with Gasteiger partial charge in [0.15, 0.2) is 0 Å². The quantitative estimate of drug-likeness (QED) is 0.633. The molecule has 0 aromatic carbocycles. The van der Waals surface area contributed by atoms with Crippen LogP contribution in [0.5, 0.6) is 0 Å². The normalized spacial score (nSPS) is 37.9. The van der Waals surface area contributed by atoms with Crippen molar-refractivity contribution in [2.75, 3.05) is 26.2 Å². The molecule has 0 spiro atoms. The lowest BCUT2D eigenvalue weighted by Crippen LogP contribution is -2.39. The Bertz CT molecular complexity index is 124. The smallest absolute Gasteiger partial charge is 0.0105 e. The third-order valence-electron chi connectivity index (χ3n) is 3.13. The molecule has 2 atom stereocenters. The van der Waals surface area contributed by atoms with Crippen molar-refractivity contribution in [2.24, 2.45) is 17.6 Å². The van der Waals surface area contributed by atoms with E-state index in [0.29, 0.717) is 0 Å². The van der Waals surface area contributed by atoms with Crippen LogP contribution < -0.4 is 5.73 Å². The predicted octanol–water partition coefficient (Wildman–Crippen LogP) is 0.677. The van der Waals surface area contributed by atoms with E-state index in [-0.39, 0.29) is 0 Å². The Morgan fingerprint density at radius 2 is 1.82 bits per heavy atom. The third-order valence-corrected chi connectivity index (χ3v) is 3.13. The van der Waals surface area contributed by atoms with E-state index >= 15 is 0 Å². The number of hydrogen-bond acceptors (Lipinski definition) is 2. The number of piperidine rings is 1. The fourth-order valence-electron chi connectivity index (χ4n) is 2.68. The largest absolute Gasteiger partial charge is 0.329 e. The van der Waals surface area contributed by atoms with Crippen molar-refractivity contribution in [3.63, 3.8) is 0 Å². The van der Waals surface area contributed by atoms with E-state index < -0.39 is 0 Å². The summed E-state index contributed by atoms with van der Waals surface area (Å²) in [6.45, 7) is 4.61. The molecular formula is C9H18N2. The van der Waals surface area contributed by atoms with Crippen LogP contribution in [0.25, 0.3) is 0 Å². The van der Waals surface area contributed by atoms with Crippen LogP contribution >= 0.6 is 0 Å². The molecule has 0 aromatic heterocycles. The van der Waals surface area contributed by atoms with E-state index in [1.807, 2.05) is 0 Å². The van der Waals surface area contributed by atoms with Gasteiger partial charge in [-0.25, -0.2) is 0 Å². The minimum Gasteiger partial charge on any atom is -0.329 e. The van der Waals surface area contributed by atoms with Crippen LogP contribution in [0, 0.1) is 11.8 Å². The van der Waals surface area contributed by atoms with Crippen LogP contribution in [0.1, 0.15) is 19.3 Å². The molecule has 64 valence electrons. The first-order valence-electron chi connectivity index (χ1n) is 4.81. The van der Waals surface area contributed by atoms with Crippen molar-refractivity contribution in [3.05, 3.63) is 0 Å². The van der Waals surface area contributed by atoms with Gasteiger partial charge in [0.25, 0.3) is 0 Å². The molecule has 2 heteroatoms. The highest BCUT2D eigenvalue weighted by atomic mass is 15.1. The van der Waals surface area contributed by atoms with Gasteiger partial charge in [0.2, 0.25) is 0 Å². The molecule has 2 rings (SSSR count). The summed E-state index contributed by atoms with van der Waals surface area (Å²) in [6, 6.07) is 0. The highest BCUT2D eigenvalue weighted by Crippen LogP contribution is 2.35. The minimum absolute atomic E-state index is 0.833. The summed E-state index contributed by atoms with van der Waals surface area (Å²) >= 11 is 0. The van der Waals surface area contributed by atoms with Gasteiger partial charge in [-0.1, -0.05) is 0 Å². The number of nitrogens with two attached hydrogens (primary N) is 1. The Hall–Kier alpha value is -0.0800. The zero-order valence-electron chi connectivity index (χ0n) is 7.13. The summed E-state index contributed by atoms with van der Waals surface area (Å²) in [7, 11) is 0. The van der Waals surface area contributed by atoms with Gasteiger partial charge in [-0.15, -0.1) is 0 Å². The predicted molar refractivity (Wildman–Crippen MR) is 46.3 cm³/mol. The molecule has 0 aromatic rings. The molecule has 2 N–H and O–H groups in total. The average molecular weight is 154 g/mol. The van der Waals surface area contributed by atoms with Crippen LogP contribution in [0.2, 0.25) is 0 Å². The zero-order valence-corrected chi connectivity index (χ0v) is 7.13. The van der Waals surface area contributed by atoms with E-state index in [1.165, 1.54) is 32.4 Å². The maximum absolute atomic E-state index is 5.53. The van der Waals surface area contributed by atoms with Gasteiger partial charge in [0.05, 0.1) is 0 Å². The van der Waals surface area contributed by atoms with Gasteiger partial charge in [-0.2, -0.15) is 0 Å². The first-order chi connectivity index (χ1) is 5.38. The fourth-order valence-corrected chi connectivity index (χ4v) is 2.68. The Kier molecular flexibility index (Phi) is 2.14. The standard InChI is InChI=1S/C9H18N2/c10-3-4-11-6-8-1-2-9(5-8)7-11/h8-9H,1-7,10H2. The third kappa shape index (κ3) is 1.57. The second-order valence-corrected chi connectivity index (χ2v) is 4.09. The van der Waals surface area contributed by atoms with E-state index in [4.69, 9.17) is 5.73 Å². The Balaban J connectivity index is 1.87. The monoisotopic (exact) mass is 154 g/mol. The molecule has 2 bridgehead atoms. The Morgan fingerprint density at radius 1 is 1.18 bits per heavy atom. The summed E-state index contributed by atoms with van der Waals surface area (Å²) in [5, 5.41) is 0. The van der Waals surface area contributed by atoms with Crippen molar-refractivity contribution in [1.82, 2.24) is 4.90 Å². The molecule has 2 nitrogen and oxygen atoms in total. The highest BCUT2D eigenvalue weighted by Gasteiger charge is 2.31. The molecular weight excluding hydrogens is 136 g/mol. The summed E-state index contributed by atoms with van der Waals surface area (Å²) in [5.74, 6) is 2.03. The molecule has 1 aliphatic heterocycles. The maximum Gasteiger partial charge on any atom is 0.0105 e. The van der Waals surface area contributed by atoms with E-state index in [2.05, 4.69) is 4.90 Å². The van der Waals surface area contributed by atoms with Crippen molar-refractivity contribution >= 4 is 0 Å². The van der Waals surface area contributed by atoms with Gasteiger partial charge in [-0.3, -0.25) is 0 Å². The number of rotatable bonds is 2. The molecule has 1 aliphatic carbocycles. The second kappa shape index (κ2) is 3.11. The maximum atomic E-state index is 5.53. The number of likely N-dealkylation sites (tertiary alicyclic amines) is 1. The van der Waals surface area contributed by atoms with Crippen molar-refractivity contribution in [2.45, 2.75) is 19.3 Å². The number of fused-ring (bicyclic) bond motifs is 2. The topological polar surface area (TPSA) is 29.3 Å². The molecule has 11 heavy (non-hydrogen) atoms. The fraction of sp³-hybridized carbons (Fsp3) is 1.00. The van der Waals surface area contributed by atoms with Gasteiger partial charge in [0.1, 0.15) is 0 Å². The lowest BCUT2D eigenvalue weighted by molar-refractivity contribution is 0.172. The van der Waals surface area contributed by atoms with Crippen molar-refractivity contribution in [3.8, 4) is 0 Å². The van der Waals surface area contributed by atoms with Gasteiger partial charge in [-0.05, 0) is 31.1 Å². The van der Waals surface area contributed by atoms with E-state index in [1.54, 1.807) is 0 Å². The molecule has 1 saturated carbocycles. The molecule has 1 heterocycles. The van der Waals surface area contributed by atoms with Crippen molar-refractivity contribution < 1.29 is 0 Å². The molecule has 0 amide bonds. The van der Waals surface area contributed by atoms with Gasteiger partial charge in [0, 0.05) is 26.2 Å². The second-order valence-electron chi connectivity index (χ2n) is 4.09. The minimum atomic E-state index is 0.833. The van der Waals surface area contributed by atoms with Crippen LogP contribution in [0.15, 0.2) is 0 Å². The van der Waals surface area contributed by atoms with Crippen LogP contribution in [0.3, 0.4) is 0 Å². The highest BCUT2D eigenvalue weighted by molar-refractivity contribution is 4.85. The van der Waals surface area contributed by atoms with Crippen molar-refractivity contribution in [1.29, 1.82) is 0 Å². The first-order valence-corrected chi connectivity index (χ1v) is 4.81. The van der Waals surface area contributed by atoms with Gasteiger partial charge >= 0.3 is 0 Å². The van der Waals surface area contributed by atoms with Crippen LogP contribution in [0.4, 0.5) is 0 Å². The van der Waals surface area contributed by atoms with Crippen LogP contribution in [-0.4, -0.2) is 31.1 Å². The molecule has 1 saturated heterocycles. The summed E-state index contributed by atoms with van der Waals surface area (Å²) in [4.78, 5) is 2.55. The number of hydrogen-bond donors (Lipinski definition) is 1. The average Bonchev–Trinajstić information content (AvgIpc) is 2.32. The lowest BCUT2D eigenvalue weighted by atomic mass is 9.99. The molecule has 2 aliphatic rings. The summed E-state index contributed by atoms with van der Waals surface area (Å²) in [5.41, 5.74) is 5.53. The molecule has 0 radical (unpaired) electrons. The van der Waals surface area contributed by atoms with Crippen LogP contribution in [-0.2, 0) is 0 Å². The summed E-state index contributed by atoms with van der Waals surface area (Å²) in [6.07, 6.45) is 4.46. The van der Waals surface area contributed by atoms with E-state index in [9.17, 15) is 0 Å². The first kappa shape index (κ1) is 7.56. The Labute approximate surface area is 68.7 Å². The van der Waals surface area contributed by atoms with E-state index in [0.717, 1.165) is 24.9 Å². The SMILES string of the molecule is NCCN1CC2CCC(C2)C1. The molecule has 2 unspecified atom stereocenters.